The van der Waals surface area contributed by atoms with Crippen LogP contribution in [0.25, 0.3) is 0 Å². The van der Waals surface area contributed by atoms with Gasteiger partial charge in [-0.1, -0.05) is 19.1 Å². The number of amides is 2. The van der Waals surface area contributed by atoms with Gasteiger partial charge in [0.15, 0.2) is 5.69 Å². The van der Waals surface area contributed by atoms with Gasteiger partial charge in [0.1, 0.15) is 5.76 Å². The van der Waals surface area contributed by atoms with E-state index >= 15 is 0 Å². The van der Waals surface area contributed by atoms with Crippen molar-refractivity contribution in [3.63, 3.8) is 0 Å². The van der Waals surface area contributed by atoms with Crippen LogP contribution in [0.15, 0.2) is 28.7 Å². The summed E-state index contributed by atoms with van der Waals surface area (Å²) in [7, 11) is 0. The number of aromatic nitrogens is 1. The van der Waals surface area contributed by atoms with E-state index in [0.29, 0.717) is 22.9 Å². The molecule has 25 heavy (non-hydrogen) atoms. The van der Waals surface area contributed by atoms with Crippen LogP contribution >= 0.6 is 0 Å². The maximum absolute atomic E-state index is 12.4. The van der Waals surface area contributed by atoms with E-state index in [-0.39, 0.29) is 18.4 Å². The maximum Gasteiger partial charge on any atom is 0.276 e. The number of carbonyl (C=O) groups is 2. The van der Waals surface area contributed by atoms with Crippen LogP contribution in [-0.2, 0) is 13.0 Å². The van der Waals surface area contributed by atoms with E-state index in [1.807, 2.05) is 12.1 Å². The lowest BCUT2D eigenvalue weighted by molar-refractivity contribution is 0.0785. The van der Waals surface area contributed by atoms with Crippen LogP contribution in [0.1, 0.15) is 57.8 Å². The van der Waals surface area contributed by atoms with Crippen LogP contribution in [0.5, 0.6) is 0 Å². The molecule has 0 spiro atoms. The predicted molar refractivity (Wildman–Crippen MR) is 93.4 cm³/mol. The molecule has 2 heterocycles. The molecule has 6 heteroatoms. The van der Waals surface area contributed by atoms with Gasteiger partial charge in [0.2, 0.25) is 5.89 Å². The highest BCUT2D eigenvalue weighted by molar-refractivity contribution is 5.94. The number of nitrogens with zero attached hydrogens (tertiary/aromatic N) is 2. The molecule has 0 bridgehead atoms. The van der Waals surface area contributed by atoms with Crippen molar-refractivity contribution in [1.82, 2.24) is 15.2 Å². The van der Waals surface area contributed by atoms with Gasteiger partial charge in [0.25, 0.3) is 11.8 Å². The zero-order valence-corrected chi connectivity index (χ0v) is 14.7. The average Bonchev–Trinajstić information content (AvgIpc) is 3.29. The summed E-state index contributed by atoms with van der Waals surface area (Å²) in [6.45, 7) is 5.49. The summed E-state index contributed by atoms with van der Waals surface area (Å²) in [6, 6.07) is 7.49. The van der Waals surface area contributed by atoms with Crippen LogP contribution in [-0.4, -0.2) is 34.8 Å². The minimum absolute atomic E-state index is 0.0912. The predicted octanol–water partition coefficient (Wildman–Crippen LogP) is 2.71. The minimum Gasteiger partial charge on any atom is -0.443 e. The summed E-state index contributed by atoms with van der Waals surface area (Å²) in [5.74, 6) is 0.560. The first-order valence-electron chi connectivity index (χ1n) is 8.71. The van der Waals surface area contributed by atoms with Gasteiger partial charge >= 0.3 is 0 Å². The van der Waals surface area contributed by atoms with Gasteiger partial charge in [0.05, 0.1) is 6.54 Å². The van der Waals surface area contributed by atoms with Crippen molar-refractivity contribution in [3.8, 4) is 0 Å². The SMILES string of the molecule is CCc1ccc(C(=O)NCc2nc(C(=O)N3CCCC3)c(C)o2)cc1. The highest BCUT2D eigenvalue weighted by Crippen LogP contribution is 2.16. The van der Waals surface area contributed by atoms with Gasteiger partial charge in [-0.3, -0.25) is 9.59 Å². The van der Waals surface area contributed by atoms with Crippen molar-refractivity contribution in [3.05, 3.63) is 52.7 Å². The molecule has 0 radical (unpaired) electrons. The molecular weight excluding hydrogens is 318 g/mol. The molecule has 3 rings (SSSR count). The number of benzene rings is 1. The molecule has 0 atom stereocenters. The summed E-state index contributed by atoms with van der Waals surface area (Å²) in [5, 5.41) is 2.78. The van der Waals surface area contributed by atoms with Crippen LogP contribution in [0.2, 0.25) is 0 Å². The summed E-state index contributed by atoms with van der Waals surface area (Å²) in [5.41, 5.74) is 2.12. The zero-order chi connectivity index (χ0) is 17.8. The first kappa shape index (κ1) is 17.2. The molecule has 6 nitrogen and oxygen atoms in total. The Morgan fingerprint density at radius 3 is 2.52 bits per heavy atom. The average molecular weight is 341 g/mol. The van der Waals surface area contributed by atoms with Crippen molar-refractivity contribution in [1.29, 1.82) is 0 Å². The molecule has 1 fully saturated rings. The van der Waals surface area contributed by atoms with Crippen LogP contribution in [0, 0.1) is 6.92 Å². The van der Waals surface area contributed by atoms with Crippen LogP contribution < -0.4 is 5.32 Å². The number of nitrogens with one attached hydrogen (secondary N) is 1. The molecule has 0 unspecified atom stereocenters. The second-order valence-electron chi connectivity index (χ2n) is 6.24. The number of aryl methyl sites for hydroxylation is 2. The fraction of sp³-hybridized carbons (Fsp3) is 0.421. The quantitative estimate of drug-likeness (QED) is 0.907. The third-order valence-corrected chi connectivity index (χ3v) is 4.46. The Balaban J connectivity index is 1.62. The molecule has 1 aliphatic heterocycles. The number of oxazole rings is 1. The Labute approximate surface area is 147 Å². The Morgan fingerprint density at radius 2 is 1.88 bits per heavy atom. The second-order valence-corrected chi connectivity index (χ2v) is 6.24. The third kappa shape index (κ3) is 3.90. The van der Waals surface area contributed by atoms with Crippen molar-refractivity contribution in [2.45, 2.75) is 39.7 Å². The minimum atomic E-state index is -0.189. The largest absolute Gasteiger partial charge is 0.443 e. The topological polar surface area (TPSA) is 75.4 Å². The van der Waals surface area contributed by atoms with E-state index < -0.39 is 0 Å². The lowest BCUT2D eigenvalue weighted by Gasteiger charge is -2.13. The van der Waals surface area contributed by atoms with E-state index in [9.17, 15) is 9.59 Å². The van der Waals surface area contributed by atoms with Crippen molar-refractivity contribution < 1.29 is 14.0 Å². The first-order valence-corrected chi connectivity index (χ1v) is 8.71. The molecular formula is C19H23N3O3. The lowest BCUT2D eigenvalue weighted by Crippen LogP contribution is -2.28. The first-order chi connectivity index (χ1) is 12.1. The molecule has 1 aliphatic rings. The molecule has 0 aliphatic carbocycles. The molecule has 0 saturated carbocycles. The Hall–Kier alpha value is -2.63. The molecule has 1 N–H and O–H groups in total. The number of carbonyl (C=O) groups excluding carboxylic acids is 2. The van der Waals surface area contributed by atoms with Gasteiger partial charge in [-0.05, 0) is 43.9 Å². The molecule has 1 aromatic carbocycles. The summed E-state index contributed by atoms with van der Waals surface area (Å²) < 4.78 is 5.54. The van der Waals surface area contributed by atoms with Crippen LogP contribution in [0.3, 0.4) is 0 Å². The standard InChI is InChI=1S/C19H23N3O3/c1-3-14-6-8-15(9-7-14)18(23)20-12-16-21-17(13(2)25-16)19(24)22-10-4-5-11-22/h6-9H,3-5,10-12H2,1-2H3,(H,20,23). The third-order valence-electron chi connectivity index (χ3n) is 4.46. The molecule has 132 valence electrons. The van der Waals surface area contributed by atoms with E-state index in [0.717, 1.165) is 32.4 Å². The normalized spacial score (nSPS) is 13.9. The number of rotatable bonds is 5. The van der Waals surface area contributed by atoms with Crippen LogP contribution in [0.4, 0.5) is 0 Å². The smallest absolute Gasteiger partial charge is 0.276 e. The maximum atomic E-state index is 12.4. The molecule has 1 saturated heterocycles. The monoisotopic (exact) mass is 341 g/mol. The number of hydrogen-bond acceptors (Lipinski definition) is 4. The van der Waals surface area contributed by atoms with Gasteiger partial charge in [-0.25, -0.2) is 4.98 Å². The Kier molecular flexibility index (Phi) is 5.16. The highest BCUT2D eigenvalue weighted by Gasteiger charge is 2.25. The molecule has 1 aromatic heterocycles. The molecule has 2 amide bonds. The van der Waals surface area contributed by atoms with Crippen molar-refractivity contribution in [2.75, 3.05) is 13.1 Å². The Bertz CT molecular complexity index is 759. The summed E-state index contributed by atoms with van der Waals surface area (Å²) >= 11 is 0. The fourth-order valence-electron chi connectivity index (χ4n) is 2.95. The zero-order valence-electron chi connectivity index (χ0n) is 14.7. The van der Waals surface area contributed by atoms with Crippen molar-refractivity contribution in [2.24, 2.45) is 0 Å². The Morgan fingerprint density at radius 1 is 1.20 bits per heavy atom. The van der Waals surface area contributed by atoms with Gasteiger partial charge in [0, 0.05) is 18.7 Å². The van der Waals surface area contributed by atoms with Gasteiger partial charge < -0.3 is 14.6 Å². The van der Waals surface area contributed by atoms with Crippen molar-refractivity contribution >= 4 is 11.8 Å². The van der Waals surface area contributed by atoms with E-state index in [1.54, 1.807) is 24.0 Å². The summed E-state index contributed by atoms with van der Waals surface area (Å²) in [4.78, 5) is 30.7. The second kappa shape index (κ2) is 7.51. The number of likely N-dealkylation sites (tertiary alicyclic amines) is 1. The van der Waals surface area contributed by atoms with E-state index in [1.165, 1.54) is 5.56 Å². The van der Waals surface area contributed by atoms with Gasteiger partial charge in [-0.2, -0.15) is 0 Å². The van der Waals surface area contributed by atoms with E-state index in [4.69, 9.17) is 4.42 Å². The number of hydrogen-bond donors (Lipinski definition) is 1. The highest BCUT2D eigenvalue weighted by atomic mass is 16.4. The van der Waals surface area contributed by atoms with Gasteiger partial charge in [-0.15, -0.1) is 0 Å². The summed E-state index contributed by atoms with van der Waals surface area (Å²) in [6.07, 6.45) is 3.00. The lowest BCUT2D eigenvalue weighted by atomic mass is 10.1. The molecule has 2 aromatic rings. The fourth-order valence-corrected chi connectivity index (χ4v) is 2.95. The van der Waals surface area contributed by atoms with E-state index in [2.05, 4.69) is 17.2 Å².